The molecule has 1 unspecified atom stereocenters. The summed E-state index contributed by atoms with van der Waals surface area (Å²) in [5.41, 5.74) is -0.0972. The molecule has 0 aromatic heterocycles. The van der Waals surface area contributed by atoms with Gasteiger partial charge in [0.05, 0.1) is 0 Å². The lowest BCUT2D eigenvalue weighted by Crippen LogP contribution is -2.33. The van der Waals surface area contributed by atoms with Crippen LogP contribution in [-0.4, -0.2) is 27.8 Å². The van der Waals surface area contributed by atoms with E-state index in [1.54, 1.807) is 0 Å². The summed E-state index contributed by atoms with van der Waals surface area (Å²) in [5, 5.41) is 31.5. The molecule has 0 bridgehead atoms. The quantitative estimate of drug-likeness (QED) is 0.624. The fourth-order valence-electron chi connectivity index (χ4n) is 2.31. The molecule has 0 aliphatic carbocycles. The number of phenolic OH excluding ortho intramolecular Hbond substituents is 1. The number of phenols is 2. The molecule has 1 saturated heterocycles. The number of hydrogen-bond acceptors (Lipinski definition) is 4. The van der Waals surface area contributed by atoms with Crippen LogP contribution in [0.15, 0.2) is 12.1 Å². The highest BCUT2D eigenvalue weighted by molar-refractivity contribution is 5.91. The summed E-state index contributed by atoms with van der Waals surface area (Å²) in [4.78, 5) is 10.9. The number of carboxylic acid groups (broad SMARTS) is 1. The Kier molecular flexibility index (Phi) is 2.71. The average molecular weight is 237 g/mol. The van der Waals surface area contributed by atoms with Crippen LogP contribution < -0.4 is 5.32 Å². The highest BCUT2D eigenvalue weighted by atomic mass is 16.4. The number of carbonyl (C=O) groups is 1. The molecule has 1 heterocycles. The Morgan fingerprint density at radius 2 is 2.06 bits per heavy atom. The minimum Gasteiger partial charge on any atom is -0.507 e. The Balaban J connectivity index is 2.54. The van der Waals surface area contributed by atoms with Crippen molar-refractivity contribution in [2.24, 2.45) is 0 Å². The van der Waals surface area contributed by atoms with Crippen molar-refractivity contribution in [2.75, 3.05) is 6.54 Å². The third kappa shape index (κ3) is 1.93. The van der Waals surface area contributed by atoms with Gasteiger partial charge in [-0.15, -0.1) is 0 Å². The molecule has 1 atom stereocenters. The van der Waals surface area contributed by atoms with E-state index in [0.717, 1.165) is 25.5 Å². The second-order valence-electron chi connectivity index (χ2n) is 4.55. The minimum atomic E-state index is -1.20. The van der Waals surface area contributed by atoms with Crippen LogP contribution in [0.4, 0.5) is 0 Å². The number of aromatic hydroxyl groups is 2. The first-order chi connectivity index (χ1) is 7.94. The van der Waals surface area contributed by atoms with Gasteiger partial charge in [0.1, 0.15) is 17.1 Å². The van der Waals surface area contributed by atoms with Crippen molar-refractivity contribution in [3.8, 4) is 11.5 Å². The van der Waals surface area contributed by atoms with Crippen molar-refractivity contribution in [3.63, 3.8) is 0 Å². The molecule has 1 aliphatic heterocycles. The molecule has 92 valence electrons. The van der Waals surface area contributed by atoms with E-state index in [0.29, 0.717) is 5.56 Å². The lowest BCUT2D eigenvalue weighted by molar-refractivity contribution is 0.0693. The molecule has 5 heteroatoms. The van der Waals surface area contributed by atoms with Gasteiger partial charge in [-0.1, -0.05) is 0 Å². The van der Waals surface area contributed by atoms with Crippen LogP contribution in [0.25, 0.3) is 0 Å². The standard InChI is InChI=1S/C12H15NO4/c1-12(3-2-4-13-12)8-5-7(11(16)17)9(14)6-10(8)15/h5-6,13-15H,2-4H2,1H3,(H,16,17). The average Bonchev–Trinajstić information content (AvgIpc) is 2.65. The number of benzene rings is 1. The lowest BCUT2D eigenvalue weighted by atomic mass is 9.88. The van der Waals surface area contributed by atoms with Gasteiger partial charge in [0, 0.05) is 17.2 Å². The number of hydrogen-bond donors (Lipinski definition) is 4. The van der Waals surface area contributed by atoms with Gasteiger partial charge in [-0.2, -0.15) is 0 Å². The molecule has 0 saturated carbocycles. The van der Waals surface area contributed by atoms with Gasteiger partial charge in [-0.25, -0.2) is 4.79 Å². The van der Waals surface area contributed by atoms with Crippen LogP contribution in [0.2, 0.25) is 0 Å². The van der Waals surface area contributed by atoms with Crippen molar-refractivity contribution in [1.82, 2.24) is 5.32 Å². The molecule has 4 N–H and O–H groups in total. The van der Waals surface area contributed by atoms with Gasteiger partial charge in [0.2, 0.25) is 0 Å². The molecule has 0 radical (unpaired) electrons. The maximum Gasteiger partial charge on any atom is 0.339 e. The Morgan fingerprint density at radius 1 is 1.35 bits per heavy atom. The van der Waals surface area contributed by atoms with Gasteiger partial charge in [0.15, 0.2) is 0 Å². The summed E-state index contributed by atoms with van der Waals surface area (Å²) >= 11 is 0. The highest BCUT2D eigenvalue weighted by Gasteiger charge is 2.33. The van der Waals surface area contributed by atoms with E-state index in [9.17, 15) is 15.0 Å². The van der Waals surface area contributed by atoms with Crippen LogP contribution in [0.1, 0.15) is 35.7 Å². The van der Waals surface area contributed by atoms with Crippen LogP contribution in [0.5, 0.6) is 11.5 Å². The Morgan fingerprint density at radius 3 is 2.59 bits per heavy atom. The maximum absolute atomic E-state index is 10.9. The van der Waals surface area contributed by atoms with E-state index < -0.39 is 17.3 Å². The Bertz CT molecular complexity index is 464. The largest absolute Gasteiger partial charge is 0.507 e. The van der Waals surface area contributed by atoms with Crippen molar-refractivity contribution in [2.45, 2.75) is 25.3 Å². The molecule has 2 rings (SSSR count). The second kappa shape index (κ2) is 3.92. The fourth-order valence-corrected chi connectivity index (χ4v) is 2.31. The van der Waals surface area contributed by atoms with Gasteiger partial charge in [0.25, 0.3) is 0 Å². The summed E-state index contributed by atoms with van der Waals surface area (Å²) in [5.74, 6) is -1.70. The second-order valence-corrected chi connectivity index (χ2v) is 4.55. The van der Waals surface area contributed by atoms with E-state index in [1.165, 1.54) is 6.07 Å². The van der Waals surface area contributed by atoms with Crippen LogP contribution in [0.3, 0.4) is 0 Å². The fraction of sp³-hybridized carbons (Fsp3) is 0.417. The molecule has 1 aromatic rings. The zero-order valence-electron chi connectivity index (χ0n) is 9.53. The molecule has 1 aromatic carbocycles. The zero-order valence-corrected chi connectivity index (χ0v) is 9.53. The van der Waals surface area contributed by atoms with E-state index >= 15 is 0 Å². The first-order valence-corrected chi connectivity index (χ1v) is 5.49. The normalized spacial score (nSPS) is 23.8. The first kappa shape index (κ1) is 11.7. The van der Waals surface area contributed by atoms with Crippen molar-refractivity contribution in [1.29, 1.82) is 0 Å². The van der Waals surface area contributed by atoms with E-state index in [2.05, 4.69) is 5.32 Å². The summed E-state index contributed by atoms with van der Waals surface area (Å²) in [7, 11) is 0. The molecule has 5 nitrogen and oxygen atoms in total. The van der Waals surface area contributed by atoms with Gasteiger partial charge in [-0.05, 0) is 32.4 Å². The molecule has 0 spiro atoms. The van der Waals surface area contributed by atoms with E-state index in [-0.39, 0.29) is 11.3 Å². The zero-order chi connectivity index (χ0) is 12.6. The number of rotatable bonds is 2. The van der Waals surface area contributed by atoms with E-state index in [4.69, 9.17) is 5.11 Å². The third-order valence-electron chi connectivity index (χ3n) is 3.31. The smallest absolute Gasteiger partial charge is 0.339 e. The summed E-state index contributed by atoms with van der Waals surface area (Å²) in [6.45, 7) is 2.75. The predicted octanol–water partition coefficient (Wildman–Crippen LogP) is 1.39. The predicted molar refractivity (Wildman–Crippen MR) is 61.3 cm³/mol. The summed E-state index contributed by atoms with van der Waals surface area (Å²) in [6, 6.07) is 2.43. The van der Waals surface area contributed by atoms with E-state index in [1.807, 2.05) is 6.92 Å². The third-order valence-corrected chi connectivity index (χ3v) is 3.31. The number of nitrogens with one attached hydrogen (secondary N) is 1. The molecular formula is C12H15NO4. The van der Waals surface area contributed by atoms with Crippen LogP contribution >= 0.6 is 0 Å². The van der Waals surface area contributed by atoms with Gasteiger partial charge < -0.3 is 20.6 Å². The number of aromatic carboxylic acids is 1. The SMILES string of the molecule is CC1(c2cc(C(=O)O)c(O)cc2O)CCCN1. The molecule has 1 fully saturated rings. The Labute approximate surface area is 98.7 Å². The van der Waals surface area contributed by atoms with Gasteiger partial charge >= 0.3 is 5.97 Å². The van der Waals surface area contributed by atoms with Crippen molar-refractivity contribution < 1.29 is 20.1 Å². The van der Waals surface area contributed by atoms with Crippen molar-refractivity contribution >= 4 is 5.97 Å². The summed E-state index contributed by atoms with van der Waals surface area (Å²) in [6.07, 6.45) is 1.80. The minimum absolute atomic E-state index is 0.0793. The number of carboxylic acids is 1. The van der Waals surface area contributed by atoms with Crippen LogP contribution in [-0.2, 0) is 5.54 Å². The highest BCUT2D eigenvalue weighted by Crippen LogP contribution is 2.38. The molecule has 0 amide bonds. The lowest BCUT2D eigenvalue weighted by Gasteiger charge is -2.26. The van der Waals surface area contributed by atoms with Crippen molar-refractivity contribution in [3.05, 3.63) is 23.3 Å². The molecule has 1 aliphatic rings. The maximum atomic E-state index is 10.9. The molecular weight excluding hydrogens is 222 g/mol. The first-order valence-electron chi connectivity index (χ1n) is 5.49. The Hall–Kier alpha value is -1.75. The van der Waals surface area contributed by atoms with Gasteiger partial charge in [-0.3, -0.25) is 0 Å². The molecule has 17 heavy (non-hydrogen) atoms. The summed E-state index contributed by atoms with van der Waals surface area (Å²) < 4.78 is 0. The van der Waals surface area contributed by atoms with Crippen LogP contribution in [0, 0.1) is 0 Å². The topological polar surface area (TPSA) is 89.8 Å². The monoisotopic (exact) mass is 237 g/mol.